The second kappa shape index (κ2) is 4.16. The maximum absolute atomic E-state index is 11.8. The molecule has 0 bridgehead atoms. The minimum Gasteiger partial charge on any atom is -0.332 e. The highest BCUT2D eigenvalue weighted by molar-refractivity contribution is 6.22. The molecule has 1 rings (SSSR count). The minimum atomic E-state index is -1.22. The van der Waals surface area contributed by atoms with Gasteiger partial charge in [0.15, 0.2) is 5.82 Å². The van der Waals surface area contributed by atoms with Gasteiger partial charge in [0.1, 0.15) is 17.5 Å². The molecule has 1 heterocycles. The van der Waals surface area contributed by atoms with Crippen LogP contribution in [0.4, 0.5) is 0 Å². The van der Waals surface area contributed by atoms with Gasteiger partial charge in [0.05, 0.1) is 0 Å². The van der Waals surface area contributed by atoms with Crippen molar-refractivity contribution < 1.29 is 14.4 Å². The van der Waals surface area contributed by atoms with Crippen molar-refractivity contribution in [3.8, 4) is 0 Å². The standard InChI is InChI=1S/C10H12N2O3/c1-6(13)8(7(2)14)9(15)10-11-4-5-12(10)3/h4-5,8H,1-3H3. The number of carbonyl (C=O) groups excluding carboxylic acids is 3. The molecule has 0 radical (unpaired) electrons. The van der Waals surface area contributed by atoms with Crippen LogP contribution in [-0.4, -0.2) is 26.9 Å². The average molecular weight is 208 g/mol. The molecule has 0 saturated heterocycles. The zero-order valence-corrected chi connectivity index (χ0v) is 8.85. The minimum absolute atomic E-state index is 0.130. The Hall–Kier alpha value is -1.78. The van der Waals surface area contributed by atoms with E-state index in [1.807, 2.05) is 0 Å². The molecule has 0 aliphatic heterocycles. The number of aromatic nitrogens is 2. The van der Waals surface area contributed by atoms with Crippen molar-refractivity contribution in [1.29, 1.82) is 0 Å². The third-order valence-corrected chi connectivity index (χ3v) is 2.12. The molecule has 0 unspecified atom stereocenters. The first-order chi connectivity index (χ1) is 6.95. The zero-order chi connectivity index (χ0) is 11.6. The number of carbonyl (C=O) groups is 3. The molecule has 0 aliphatic rings. The van der Waals surface area contributed by atoms with Gasteiger partial charge in [0.2, 0.25) is 5.78 Å². The van der Waals surface area contributed by atoms with E-state index in [2.05, 4.69) is 4.98 Å². The van der Waals surface area contributed by atoms with Crippen LogP contribution in [0, 0.1) is 5.92 Å². The highest BCUT2D eigenvalue weighted by Crippen LogP contribution is 2.09. The van der Waals surface area contributed by atoms with Gasteiger partial charge in [-0.3, -0.25) is 14.4 Å². The summed E-state index contributed by atoms with van der Waals surface area (Å²) in [6.45, 7) is 2.46. The Balaban J connectivity index is 3.07. The van der Waals surface area contributed by atoms with Crippen LogP contribution >= 0.6 is 0 Å². The maximum atomic E-state index is 11.8. The molecular formula is C10H12N2O3. The van der Waals surface area contributed by atoms with Crippen LogP contribution in [0.3, 0.4) is 0 Å². The molecule has 0 amide bonds. The van der Waals surface area contributed by atoms with Crippen molar-refractivity contribution in [1.82, 2.24) is 9.55 Å². The van der Waals surface area contributed by atoms with Crippen LogP contribution in [0.25, 0.3) is 0 Å². The highest BCUT2D eigenvalue weighted by atomic mass is 16.2. The fourth-order valence-corrected chi connectivity index (χ4v) is 1.39. The summed E-state index contributed by atoms with van der Waals surface area (Å²) in [7, 11) is 1.64. The van der Waals surface area contributed by atoms with Crippen molar-refractivity contribution in [2.45, 2.75) is 13.8 Å². The van der Waals surface area contributed by atoms with Crippen LogP contribution in [0.1, 0.15) is 24.5 Å². The Morgan fingerprint density at radius 1 is 1.27 bits per heavy atom. The first-order valence-electron chi connectivity index (χ1n) is 4.47. The van der Waals surface area contributed by atoms with Gasteiger partial charge in [0.25, 0.3) is 0 Å². The lowest BCUT2D eigenvalue weighted by atomic mass is 9.95. The maximum Gasteiger partial charge on any atom is 0.216 e. The van der Waals surface area contributed by atoms with Crippen LogP contribution in [0.2, 0.25) is 0 Å². The summed E-state index contributed by atoms with van der Waals surface area (Å²) in [6.07, 6.45) is 3.04. The molecule has 0 atom stereocenters. The van der Waals surface area contributed by atoms with Crippen molar-refractivity contribution in [3.63, 3.8) is 0 Å². The lowest BCUT2D eigenvalue weighted by Gasteiger charge is -2.08. The molecule has 15 heavy (non-hydrogen) atoms. The normalized spacial score (nSPS) is 10.4. The number of ketones is 3. The zero-order valence-electron chi connectivity index (χ0n) is 8.85. The quantitative estimate of drug-likeness (QED) is 0.530. The molecule has 0 aromatic carbocycles. The summed E-state index contributed by atoms with van der Waals surface area (Å²) in [5.41, 5.74) is 0. The molecule has 1 aromatic heterocycles. The molecular weight excluding hydrogens is 196 g/mol. The summed E-state index contributed by atoms with van der Waals surface area (Å²) in [4.78, 5) is 37.9. The van der Waals surface area contributed by atoms with Gasteiger partial charge < -0.3 is 4.57 Å². The summed E-state index contributed by atoms with van der Waals surface area (Å²) < 4.78 is 1.49. The molecule has 80 valence electrons. The molecule has 0 saturated carbocycles. The first kappa shape index (κ1) is 11.3. The fourth-order valence-electron chi connectivity index (χ4n) is 1.39. The number of nitrogens with zero attached hydrogens (tertiary/aromatic N) is 2. The van der Waals surface area contributed by atoms with Crippen molar-refractivity contribution >= 4 is 17.3 Å². The van der Waals surface area contributed by atoms with Crippen LogP contribution in [0.15, 0.2) is 12.4 Å². The van der Waals surface area contributed by atoms with Crippen molar-refractivity contribution in [2.24, 2.45) is 13.0 Å². The van der Waals surface area contributed by atoms with E-state index < -0.39 is 23.3 Å². The van der Waals surface area contributed by atoms with E-state index in [1.165, 1.54) is 24.6 Å². The summed E-state index contributed by atoms with van der Waals surface area (Å²) in [6, 6.07) is 0. The van der Waals surface area contributed by atoms with Gasteiger partial charge in [0, 0.05) is 19.4 Å². The first-order valence-corrected chi connectivity index (χ1v) is 4.47. The van der Waals surface area contributed by atoms with Gasteiger partial charge in [-0.2, -0.15) is 0 Å². The van der Waals surface area contributed by atoms with E-state index in [-0.39, 0.29) is 5.82 Å². The Kier molecular flexibility index (Phi) is 3.14. The third kappa shape index (κ3) is 2.18. The van der Waals surface area contributed by atoms with E-state index in [0.717, 1.165) is 0 Å². The van der Waals surface area contributed by atoms with Gasteiger partial charge in [-0.1, -0.05) is 0 Å². The third-order valence-electron chi connectivity index (χ3n) is 2.12. The van der Waals surface area contributed by atoms with Crippen LogP contribution in [0.5, 0.6) is 0 Å². The number of Topliss-reactive ketones (excluding diaryl/α,β-unsaturated/α-hetero) is 3. The van der Waals surface area contributed by atoms with Crippen molar-refractivity contribution in [2.75, 3.05) is 0 Å². The van der Waals surface area contributed by atoms with Gasteiger partial charge in [-0.25, -0.2) is 4.98 Å². The predicted molar refractivity (Wildman–Crippen MR) is 52.4 cm³/mol. The van der Waals surface area contributed by atoms with Gasteiger partial charge in [-0.05, 0) is 13.8 Å². The second-order valence-corrected chi connectivity index (χ2v) is 3.38. The van der Waals surface area contributed by atoms with E-state index >= 15 is 0 Å². The molecule has 0 N–H and O–H groups in total. The Labute approximate surface area is 87.1 Å². The lowest BCUT2D eigenvalue weighted by molar-refractivity contribution is -0.128. The van der Waals surface area contributed by atoms with Gasteiger partial charge in [-0.15, -0.1) is 0 Å². The van der Waals surface area contributed by atoms with E-state index in [9.17, 15) is 14.4 Å². The predicted octanol–water partition coefficient (Wildman–Crippen LogP) is 0.397. The Morgan fingerprint density at radius 2 is 1.80 bits per heavy atom. The van der Waals surface area contributed by atoms with Crippen LogP contribution in [-0.2, 0) is 16.6 Å². The largest absolute Gasteiger partial charge is 0.332 e. The molecule has 1 aromatic rings. The smallest absolute Gasteiger partial charge is 0.216 e. The van der Waals surface area contributed by atoms with Gasteiger partial charge >= 0.3 is 0 Å². The lowest BCUT2D eigenvalue weighted by Crippen LogP contribution is -2.30. The number of imidazole rings is 1. The van der Waals surface area contributed by atoms with E-state index in [4.69, 9.17) is 0 Å². The summed E-state index contributed by atoms with van der Waals surface area (Å²) >= 11 is 0. The monoisotopic (exact) mass is 208 g/mol. The molecule has 5 nitrogen and oxygen atoms in total. The molecule has 0 spiro atoms. The second-order valence-electron chi connectivity index (χ2n) is 3.38. The highest BCUT2D eigenvalue weighted by Gasteiger charge is 2.31. The SMILES string of the molecule is CC(=O)C(C(C)=O)C(=O)c1nccn1C. The number of hydrogen-bond donors (Lipinski definition) is 0. The van der Waals surface area contributed by atoms with E-state index in [0.29, 0.717) is 0 Å². The van der Waals surface area contributed by atoms with Crippen LogP contribution < -0.4 is 0 Å². The topological polar surface area (TPSA) is 69.0 Å². The molecule has 5 heteroatoms. The fraction of sp³-hybridized carbons (Fsp3) is 0.400. The summed E-state index contributed by atoms with van der Waals surface area (Å²) in [5, 5.41) is 0. The molecule has 0 aliphatic carbocycles. The average Bonchev–Trinajstić information content (AvgIpc) is 2.49. The number of aryl methyl sites for hydroxylation is 1. The van der Waals surface area contributed by atoms with E-state index in [1.54, 1.807) is 13.2 Å². The summed E-state index contributed by atoms with van der Waals surface area (Å²) in [5.74, 6) is -2.52. The number of hydrogen-bond acceptors (Lipinski definition) is 4. The molecule has 0 fully saturated rings. The van der Waals surface area contributed by atoms with Crippen molar-refractivity contribution in [3.05, 3.63) is 18.2 Å². The Morgan fingerprint density at radius 3 is 2.13 bits per heavy atom. The number of rotatable bonds is 4. The Bertz CT molecular complexity index is 406.